The highest BCUT2D eigenvalue weighted by Gasteiger charge is 2.30. The Kier molecular flexibility index (Phi) is 4.10. The number of hydrogen-bond donors (Lipinski definition) is 0. The Morgan fingerprint density at radius 1 is 0.846 bits per heavy atom. The zero-order chi connectivity index (χ0) is 18.5. The minimum Gasteiger partial charge on any atom is -0.454 e. The van der Waals surface area contributed by atoms with E-state index >= 15 is 0 Å². The summed E-state index contributed by atoms with van der Waals surface area (Å²) in [4.78, 5) is 0. The molecule has 26 heavy (non-hydrogen) atoms. The number of furan rings is 1. The van der Waals surface area contributed by atoms with E-state index in [1.807, 2.05) is 43.3 Å². The molecule has 0 spiro atoms. The van der Waals surface area contributed by atoms with Gasteiger partial charge >= 0.3 is 6.18 Å². The monoisotopic (exact) mass is 467 g/mol. The van der Waals surface area contributed by atoms with Crippen LogP contribution < -0.4 is 3.11 Å². The lowest BCUT2D eigenvalue weighted by molar-refractivity contribution is -0.137. The number of hydrogen-bond acceptors (Lipinski definition) is 2. The third-order valence-corrected chi connectivity index (χ3v) is 5.41. The van der Waals surface area contributed by atoms with Crippen LogP contribution >= 0.6 is 22.9 Å². The maximum Gasteiger partial charge on any atom is 0.416 e. The first-order valence-electron chi connectivity index (χ1n) is 7.90. The van der Waals surface area contributed by atoms with Crippen LogP contribution in [0.5, 0.6) is 0 Å². The number of fused-ring (bicyclic) bond motifs is 3. The Bertz CT molecular complexity index is 1100. The van der Waals surface area contributed by atoms with Gasteiger partial charge in [-0.3, -0.25) is 3.11 Å². The Hall–Kier alpha value is -2.22. The molecular formula is C20H13F3INO. The van der Waals surface area contributed by atoms with Gasteiger partial charge in [-0.15, -0.1) is 0 Å². The van der Waals surface area contributed by atoms with Crippen LogP contribution in [0.15, 0.2) is 65.1 Å². The van der Waals surface area contributed by atoms with Gasteiger partial charge in [0.25, 0.3) is 0 Å². The van der Waals surface area contributed by atoms with E-state index in [1.54, 1.807) is 3.11 Å². The number of aryl methyl sites for hydroxylation is 1. The SMILES string of the molecule is Cc1cccc2c1oc1c(N(I)c3ccc(C(F)(F)F)cc3)cccc12. The van der Waals surface area contributed by atoms with E-state index in [-0.39, 0.29) is 0 Å². The molecule has 0 aliphatic carbocycles. The second kappa shape index (κ2) is 6.19. The average Bonchev–Trinajstić information content (AvgIpc) is 3.01. The number of anilines is 2. The van der Waals surface area contributed by atoms with E-state index in [9.17, 15) is 13.2 Å². The van der Waals surface area contributed by atoms with Crippen LogP contribution in [0.1, 0.15) is 11.1 Å². The molecule has 0 aliphatic rings. The summed E-state index contributed by atoms with van der Waals surface area (Å²) in [6.07, 6.45) is -4.34. The molecule has 0 fully saturated rings. The predicted octanol–water partition coefficient (Wildman–Crippen LogP) is 7.40. The summed E-state index contributed by atoms with van der Waals surface area (Å²) >= 11 is 2.08. The molecule has 1 aromatic heterocycles. The van der Waals surface area contributed by atoms with E-state index in [0.29, 0.717) is 11.3 Å². The molecule has 4 aromatic rings. The van der Waals surface area contributed by atoms with Gasteiger partial charge in [0.05, 0.1) is 39.8 Å². The van der Waals surface area contributed by atoms with Gasteiger partial charge in [-0.05, 0) is 42.8 Å². The fraction of sp³-hybridized carbons (Fsp3) is 0.100. The molecule has 0 N–H and O–H groups in total. The zero-order valence-corrected chi connectivity index (χ0v) is 15.8. The second-order valence-corrected chi connectivity index (χ2v) is 7.00. The fourth-order valence-electron chi connectivity index (χ4n) is 3.02. The molecule has 132 valence electrons. The number of nitrogens with zero attached hydrogens (tertiary/aromatic N) is 1. The molecule has 0 bridgehead atoms. The van der Waals surface area contributed by atoms with Crippen LogP contribution in [-0.4, -0.2) is 0 Å². The van der Waals surface area contributed by atoms with Crippen LogP contribution in [-0.2, 0) is 6.18 Å². The molecule has 0 aliphatic heterocycles. The molecule has 0 amide bonds. The van der Waals surface area contributed by atoms with Gasteiger partial charge in [-0.2, -0.15) is 13.2 Å². The van der Waals surface area contributed by atoms with E-state index in [0.717, 1.165) is 39.7 Å². The quantitative estimate of drug-likeness (QED) is 0.226. The molecule has 2 nitrogen and oxygen atoms in total. The Morgan fingerprint density at radius 3 is 2.12 bits per heavy atom. The van der Waals surface area contributed by atoms with Gasteiger partial charge < -0.3 is 4.42 Å². The standard InChI is InChI=1S/C20H13F3INO/c1-12-4-2-5-15-16-6-3-7-17(19(16)26-18(12)15)25(24)14-10-8-13(9-11-14)20(21,22)23/h2-11H,1H3. The minimum absolute atomic E-state index is 0.642. The Labute approximate surface area is 161 Å². The maximum absolute atomic E-state index is 12.8. The summed E-state index contributed by atoms with van der Waals surface area (Å²) < 4.78 is 46.2. The number of alkyl halides is 3. The lowest BCUT2D eigenvalue weighted by Crippen LogP contribution is -2.06. The Morgan fingerprint density at radius 2 is 1.46 bits per heavy atom. The average molecular weight is 467 g/mol. The smallest absolute Gasteiger partial charge is 0.416 e. The summed E-state index contributed by atoms with van der Waals surface area (Å²) in [6.45, 7) is 1.99. The fourth-order valence-corrected chi connectivity index (χ4v) is 3.72. The van der Waals surface area contributed by atoms with E-state index in [2.05, 4.69) is 22.9 Å². The van der Waals surface area contributed by atoms with Crippen molar-refractivity contribution in [3.8, 4) is 0 Å². The molecule has 0 saturated carbocycles. The largest absolute Gasteiger partial charge is 0.454 e. The molecule has 0 radical (unpaired) electrons. The second-order valence-electron chi connectivity index (χ2n) is 6.03. The van der Waals surface area contributed by atoms with Crippen LogP contribution in [0.4, 0.5) is 24.5 Å². The summed E-state index contributed by atoms with van der Waals surface area (Å²) in [6, 6.07) is 16.9. The van der Waals surface area contributed by atoms with Crippen LogP contribution in [0.2, 0.25) is 0 Å². The topological polar surface area (TPSA) is 16.4 Å². The van der Waals surface area contributed by atoms with Gasteiger partial charge in [0.15, 0.2) is 5.58 Å². The molecule has 0 saturated heterocycles. The van der Waals surface area contributed by atoms with Crippen molar-refractivity contribution in [1.29, 1.82) is 0 Å². The molecule has 0 atom stereocenters. The predicted molar refractivity (Wildman–Crippen MR) is 106 cm³/mol. The van der Waals surface area contributed by atoms with Gasteiger partial charge in [0.1, 0.15) is 5.58 Å². The molecule has 3 aromatic carbocycles. The van der Waals surface area contributed by atoms with E-state index in [4.69, 9.17) is 4.42 Å². The van der Waals surface area contributed by atoms with Crippen molar-refractivity contribution in [2.75, 3.05) is 3.11 Å². The normalized spacial score (nSPS) is 12.0. The molecule has 0 unspecified atom stereocenters. The lowest BCUT2D eigenvalue weighted by atomic mass is 10.1. The molecule has 6 heteroatoms. The van der Waals surface area contributed by atoms with Crippen LogP contribution in [0.3, 0.4) is 0 Å². The van der Waals surface area contributed by atoms with Gasteiger partial charge in [-0.25, -0.2) is 0 Å². The minimum atomic E-state index is -4.34. The molecular weight excluding hydrogens is 454 g/mol. The summed E-state index contributed by atoms with van der Waals surface area (Å²) in [5.41, 5.74) is 3.35. The number of benzene rings is 3. The van der Waals surface area contributed by atoms with Crippen molar-refractivity contribution < 1.29 is 17.6 Å². The first kappa shape index (κ1) is 17.2. The van der Waals surface area contributed by atoms with Gasteiger partial charge in [-0.1, -0.05) is 30.3 Å². The third kappa shape index (κ3) is 2.82. The summed E-state index contributed by atoms with van der Waals surface area (Å²) in [5.74, 6) is 0. The first-order chi connectivity index (χ1) is 12.4. The van der Waals surface area contributed by atoms with Gasteiger partial charge in [0, 0.05) is 10.8 Å². The van der Waals surface area contributed by atoms with Crippen molar-refractivity contribution in [3.63, 3.8) is 0 Å². The van der Waals surface area contributed by atoms with Crippen molar-refractivity contribution in [1.82, 2.24) is 0 Å². The van der Waals surface area contributed by atoms with E-state index < -0.39 is 11.7 Å². The Balaban J connectivity index is 1.83. The van der Waals surface area contributed by atoms with Crippen LogP contribution in [0, 0.1) is 6.92 Å². The zero-order valence-electron chi connectivity index (χ0n) is 13.6. The highest BCUT2D eigenvalue weighted by Crippen LogP contribution is 2.41. The summed E-state index contributed by atoms with van der Waals surface area (Å²) in [7, 11) is 0. The van der Waals surface area contributed by atoms with Crippen molar-refractivity contribution >= 4 is 56.2 Å². The van der Waals surface area contributed by atoms with Gasteiger partial charge in [0.2, 0.25) is 0 Å². The number of rotatable bonds is 2. The third-order valence-electron chi connectivity index (χ3n) is 4.33. The highest BCUT2D eigenvalue weighted by atomic mass is 127. The number of halogens is 4. The maximum atomic E-state index is 12.8. The summed E-state index contributed by atoms with van der Waals surface area (Å²) in [5, 5.41) is 2.01. The van der Waals surface area contributed by atoms with E-state index in [1.165, 1.54) is 12.1 Å². The first-order valence-corrected chi connectivity index (χ1v) is 8.87. The molecule has 4 rings (SSSR count). The highest BCUT2D eigenvalue weighted by molar-refractivity contribution is 14.1. The van der Waals surface area contributed by atoms with Crippen molar-refractivity contribution in [2.24, 2.45) is 0 Å². The molecule has 1 heterocycles. The van der Waals surface area contributed by atoms with Crippen molar-refractivity contribution in [3.05, 3.63) is 71.8 Å². The van der Waals surface area contributed by atoms with Crippen molar-refractivity contribution in [2.45, 2.75) is 13.1 Å². The lowest BCUT2D eigenvalue weighted by Gasteiger charge is -2.17. The van der Waals surface area contributed by atoms with Crippen LogP contribution in [0.25, 0.3) is 21.9 Å². The number of para-hydroxylation sites is 2.